The summed E-state index contributed by atoms with van der Waals surface area (Å²) in [5, 5.41) is 9.04. The molecule has 3 aromatic rings. The van der Waals surface area contributed by atoms with Gasteiger partial charge in [0.1, 0.15) is 0 Å². The van der Waals surface area contributed by atoms with Gasteiger partial charge in [0.2, 0.25) is 11.7 Å². The lowest BCUT2D eigenvalue weighted by Crippen LogP contribution is -2.22. The van der Waals surface area contributed by atoms with E-state index in [0.717, 1.165) is 4.88 Å². The molecule has 21 heavy (non-hydrogen) atoms. The zero-order valence-corrected chi connectivity index (χ0v) is 12.3. The van der Waals surface area contributed by atoms with Crippen LogP contribution in [-0.4, -0.2) is 16.0 Å². The minimum absolute atomic E-state index is 0.170. The molecule has 0 saturated heterocycles. The summed E-state index contributed by atoms with van der Waals surface area (Å²) in [6.07, 6.45) is 0. The van der Waals surface area contributed by atoms with Gasteiger partial charge in [0.25, 0.3) is 5.91 Å². The van der Waals surface area contributed by atoms with Gasteiger partial charge in [0.05, 0.1) is 11.4 Å². The van der Waals surface area contributed by atoms with Gasteiger partial charge in [-0.1, -0.05) is 28.9 Å². The Morgan fingerprint density at radius 2 is 2.24 bits per heavy atom. The smallest absolute Gasteiger partial charge is 0.251 e. The number of amides is 1. The molecular formula is C14H10ClN3O2S. The third kappa shape index (κ3) is 3.29. The second-order valence-corrected chi connectivity index (χ2v) is 5.57. The van der Waals surface area contributed by atoms with Crippen molar-refractivity contribution in [2.24, 2.45) is 0 Å². The fourth-order valence-electron chi connectivity index (χ4n) is 1.72. The summed E-state index contributed by atoms with van der Waals surface area (Å²) in [7, 11) is 0. The third-order valence-corrected chi connectivity index (χ3v) is 3.80. The molecule has 2 aromatic heterocycles. The van der Waals surface area contributed by atoms with Gasteiger partial charge in [-0.3, -0.25) is 4.79 Å². The fraction of sp³-hybridized carbons (Fsp3) is 0.0714. The summed E-state index contributed by atoms with van der Waals surface area (Å²) in [6, 6.07) is 10.5. The topological polar surface area (TPSA) is 68.0 Å². The molecule has 1 aromatic carbocycles. The monoisotopic (exact) mass is 319 g/mol. The second-order valence-electron chi connectivity index (χ2n) is 4.18. The van der Waals surface area contributed by atoms with E-state index < -0.39 is 0 Å². The number of nitrogens with one attached hydrogen (secondary N) is 1. The maximum Gasteiger partial charge on any atom is 0.251 e. The molecule has 3 rings (SSSR count). The first-order valence-corrected chi connectivity index (χ1v) is 7.38. The maximum atomic E-state index is 11.9. The van der Waals surface area contributed by atoms with E-state index >= 15 is 0 Å². The van der Waals surface area contributed by atoms with Crippen LogP contribution >= 0.6 is 22.9 Å². The molecule has 0 aliphatic rings. The standard InChI is InChI=1S/C14H10ClN3O2S/c15-10-4-1-3-9(7-10)14(19)16-8-12-17-13(18-20-12)11-5-2-6-21-11/h1-7H,8H2,(H,16,19). The largest absolute Gasteiger partial charge is 0.343 e. The van der Waals surface area contributed by atoms with Crippen molar-refractivity contribution in [3.05, 3.63) is 58.3 Å². The van der Waals surface area contributed by atoms with E-state index in [2.05, 4.69) is 15.5 Å². The molecule has 0 atom stereocenters. The van der Waals surface area contributed by atoms with Gasteiger partial charge < -0.3 is 9.84 Å². The first kappa shape index (κ1) is 13.8. The summed E-state index contributed by atoms with van der Waals surface area (Å²) in [5.74, 6) is 0.638. The number of nitrogens with zero attached hydrogens (tertiary/aromatic N) is 2. The van der Waals surface area contributed by atoms with Gasteiger partial charge in [-0.05, 0) is 29.6 Å². The highest BCUT2D eigenvalue weighted by Crippen LogP contribution is 2.21. The molecule has 0 unspecified atom stereocenters. The Bertz CT molecular complexity index is 755. The van der Waals surface area contributed by atoms with Crippen LogP contribution in [0.3, 0.4) is 0 Å². The molecule has 0 saturated carbocycles. The predicted octanol–water partition coefficient (Wildman–Crippen LogP) is 3.38. The van der Waals surface area contributed by atoms with Crippen molar-refractivity contribution in [3.63, 3.8) is 0 Å². The molecule has 2 heterocycles. The van der Waals surface area contributed by atoms with Crippen molar-refractivity contribution in [2.45, 2.75) is 6.54 Å². The summed E-state index contributed by atoms with van der Waals surface area (Å²) < 4.78 is 5.10. The van der Waals surface area contributed by atoms with Crippen LogP contribution in [0.25, 0.3) is 10.7 Å². The van der Waals surface area contributed by atoms with Crippen LogP contribution in [0.4, 0.5) is 0 Å². The zero-order valence-electron chi connectivity index (χ0n) is 10.7. The number of benzene rings is 1. The Morgan fingerprint density at radius 3 is 3.00 bits per heavy atom. The highest BCUT2D eigenvalue weighted by atomic mass is 35.5. The minimum Gasteiger partial charge on any atom is -0.343 e. The maximum absolute atomic E-state index is 11.9. The molecule has 1 amide bonds. The van der Waals surface area contributed by atoms with Crippen LogP contribution < -0.4 is 5.32 Å². The number of rotatable bonds is 4. The van der Waals surface area contributed by atoms with E-state index in [0.29, 0.717) is 22.3 Å². The number of carbonyl (C=O) groups excluding carboxylic acids is 1. The molecule has 5 nitrogen and oxygen atoms in total. The lowest BCUT2D eigenvalue weighted by atomic mass is 10.2. The number of hydrogen-bond donors (Lipinski definition) is 1. The van der Waals surface area contributed by atoms with E-state index in [1.807, 2.05) is 17.5 Å². The molecule has 1 N–H and O–H groups in total. The van der Waals surface area contributed by atoms with Crippen molar-refractivity contribution >= 4 is 28.8 Å². The van der Waals surface area contributed by atoms with Gasteiger partial charge in [-0.2, -0.15) is 4.98 Å². The Kier molecular flexibility index (Phi) is 3.98. The quantitative estimate of drug-likeness (QED) is 0.800. The Morgan fingerprint density at radius 1 is 1.33 bits per heavy atom. The van der Waals surface area contributed by atoms with Crippen LogP contribution in [0.15, 0.2) is 46.3 Å². The summed E-state index contributed by atoms with van der Waals surface area (Å²) in [4.78, 5) is 17.1. The summed E-state index contributed by atoms with van der Waals surface area (Å²) in [5.41, 5.74) is 0.487. The lowest BCUT2D eigenvalue weighted by Gasteiger charge is -2.02. The fourth-order valence-corrected chi connectivity index (χ4v) is 2.56. The third-order valence-electron chi connectivity index (χ3n) is 2.70. The first-order valence-electron chi connectivity index (χ1n) is 6.12. The average molecular weight is 320 g/mol. The molecule has 0 bridgehead atoms. The van der Waals surface area contributed by atoms with E-state index in [1.165, 1.54) is 11.3 Å². The number of halogens is 1. The van der Waals surface area contributed by atoms with Crippen molar-refractivity contribution in [1.82, 2.24) is 15.5 Å². The predicted molar refractivity (Wildman–Crippen MR) is 80.2 cm³/mol. The van der Waals surface area contributed by atoms with Gasteiger partial charge in [0.15, 0.2) is 0 Å². The Hall–Kier alpha value is -2.18. The minimum atomic E-state index is -0.242. The Balaban J connectivity index is 1.64. The van der Waals surface area contributed by atoms with Crippen molar-refractivity contribution < 1.29 is 9.32 Å². The van der Waals surface area contributed by atoms with Crippen LogP contribution in [0, 0.1) is 0 Å². The van der Waals surface area contributed by atoms with E-state index in [9.17, 15) is 4.79 Å². The molecule has 7 heteroatoms. The first-order chi connectivity index (χ1) is 10.2. The SMILES string of the molecule is O=C(NCc1nc(-c2cccs2)no1)c1cccc(Cl)c1. The molecule has 0 fully saturated rings. The summed E-state index contributed by atoms with van der Waals surface area (Å²) >= 11 is 7.37. The molecule has 106 valence electrons. The van der Waals surface area contributed by atoms with Gasteiger partial charge in [-0.15, -0.1) is 11.3 Å². The molecule has 0 aliphatic heterocycles. The molecular weight excluding hydrogens is 310 g/mol. The van der Waals surface area contributed by atoms with Crippen molar-refractivity contribution in [3.8, 4) is 10.7 Å². The lowest BCUT2D eigenvalue weighted by molar-refractivity contribution is 0.0946. The average Bonchev–Trinajstić information content (AvgIpc) is 3.15. The number of thiophene rings is 1. The van der Waals surface area contributed by atoms with Crippen LogP contribution in [0.1, 0.15) is 16.2 Å². The highest BCUT2D eigenvalue weighted by Gasteiger charge is 2.11. The van der Waals surface area contributed by atoms with Crippen LogP contribution in [-0.2, 0) is 6.54 Å². The molecule has 0 aliphatic carbocycles. The van der Waals surface area contributed by atoms with E-state index in [1.54, 1.807) is 24.3 Å². The van der Waals surface area contributed by atoms with Crippen LogP contribution in [0.2, 0.25) is 5.02 Å². The second kappa shape index (κ2) is 6.07. The van der Waals surface area contributed by atoms with Gasteiger partial charge in [-0.25, -0.2) is 0 Å². The van der Waals surface area contributed by atoms with Crippen molar-refractivity contribution in [2.75, 3.05) is 0 Å². The van der Waals surface area contributed by atoms with Gasteiger partial charge in [0, 0.05) is 10.6 Å². The zero-order chi connectivity index (χ0) is 14.7. The van der Waals surface area contributed by atoms with Gasteiger partial charge >= 0.3 is 0 Å². The number of carbonyl (C=O) groups is 1. The normalized spacial score (nSPS) is 10.5. The summed E-state index contributed by atoms with van der Waals surface area (Å²) in [6.45, 7) is 0.170. The number of hydrogen-bond acceptors (Lipinski definition) is 5. The van der Waals surface area contributed by atoms with E-state index in [4.69, 9.17) is 16.1 Å². The Labute approximate surface area is 129 Å². The molecule has 0 spiro atoms. The highest BCUT2D eigenvalue weighted by molar-refractivity contribution is 7.13. The molecule has 0 radical (unpaired) electrons. The van der Waals surface area contributed by atoms with Crippen LogP contribution in [0.5, 0.6) is 0 Å². The van der Waals surface area contributed by atoms with E-state index in [-0.39, 0.29) is 12.5 Å². The number of aromatic nitrogens is 2. The van der Waals surface area contributed by atoms with Crippen molar-refractivity contribution in [1.29, 1.82) is 0 Å².